The molecule has 0 radical (unpaired) electrons. The van der Waals surface area contributed by atoms with Gasteiger partial charge in [0.15, 0.2) is 5.78 Å². The fraction of sp³-hybridized carbons (Fsp3) is 0.188. The van der Waals surface area contributed by atoms with Crippen LogP contribution in [0.3, 0.4) is 0 Å². The van der Waals surface area contributed by atoms with Crippen LogP contribution in [0.2, 0.25) is 0 Å². The van der Waals surface area contributed by atoms with Gasteiger partial charge in [-0.1, -0.05) is 12.1 Å². The second kappa shape index (κ2) is 5.05. The van der Waals surface area contributed by atoms with E-state index < -0.39 is 0 Å². The van der Waals surface area contributed by atoms with Crippen molar-refractivity contribution in [2.24, 2.45) is 0 Å². The number of hydrogen-bond acceptors (Lipinski definition) is 2. The smallest absolute Gasteiger partial charge is 0.159 e. The highest BCUT2D eigenvalue weighted by atomic mass is 16.1. The van der Waals surface area contributed by atoms with Crippen LogP contribution in [0.5, 0.6) is 0 Å². The van der Waals surface area contributed by atoms with Crippen molar-refractivity contribution in [3.8, 4) is 0 Å². The van der Waals surface area contributed by atoms with E-state index in [9.17, 15) is 4.79 Å². The SMILES string of the molecule is CC(=O)c1ccc(N(C)c2cccc(C)c2)cc1. The Labute approximate surface area is 108 Å². The van der Waals surface area contributed by atoms with Crippen molar-refractivity contribution in [2.45, 2.75) is 13.8 Å². The molecule has 0 saturated carbocycles. The Morgan fingerprint density at radius 1 is 1.00 bits per heavy atom. The Kier molecular flexibility index (Phi) is 3.47. The van der Waals surface area contributed by atoms with Crippen LogP contribution in [0.1, 0.15) is 22.8 Å². The molecule has 2 rings (SSSR count). The molecule has 2 aromatic carbocycles. The third-order valence-electron chi connectivity index (χ3n) is 3.05. The van der Waals surface area contributed by atoms with E-state index in [1.807, 2.05) is 37.4 Å². The monoisotopic (exact) mass is 239 g/mol. The first-order valence-electron chi connectivity index (χ1n) is 5.99. The van der Waals surface area contributed by atoms with E-state index in [1.54, 1.807) is 6.92 Å². The van der Waals surface area contributed by atoms with Crippen LogP contribution in [0.15, 0.2) is 48.5 Å². The second-order valence-corrected chi connectivity index (χ2v) is 4.50. The number of rotatable bonds is 3. The molecule has 0 N–H and O–H groups in total. The van der Waals surface area contributed by atoms with Gasteiger partial charge in [-0.25, -0.2) is 0 Å². The molecule has 2 aromatic rings. The molecule has 0 atom stereocenters. The zero-order chi connectivity index (χ0) is 13.1. The van der Waals surface area contributed by atoms with E-state index in [-0.39, 0.29) is 5.78 Å². The van der Waals surface area contributed by atoms with Gasteiger partial charge in [0.25, 0.3) is 0 Å². The number of carbonyl (C=O) groups excluding carboxylic acids is 1. The standard InChI is InChI=1S/C16H17NO/c1-12-5-4-6-16(11-12)17(3)15-9-7-14(8-10-15)13(2)18/h4-11H,1-3H3. The minimum Gasteiger partial charge on any atom is -0.345 e. The Morgan fingerprint density at radius 2 is 1.67 bits per heavy atom. The molecule has 0 aliphatic carbocycles. The van der Waals surface area contributed by atoms with Gasteiger partial charge in [-0.15, -0.1) is 0 Å². The van der Waals surface area contributed by atoms with E-state index in [2.05, 4.69) is 30.0 Å². The highest BCUT2D eigenvalue weighted by molar-refractivity contribution is 5.94. The molecule has 0 aliphatic rings. The lowest BCUT2D eigenvalue weighted by molar-refractivity contribution is 0.101. The zero-order valence-electron chi connectivity index (χ0n) is 11.0. The summed E-state index contributed by atoms with van der Waals surface area (Å²) in [7, 11) is 2.03. The van der Waals surface area contributed by atoms with Gasteiger partial charge in [-0.3, -0.25) is 4.79 Å². The average Bonchev–Trinajstić information content (AvgIpc) is 2.38. The molecule has 2 nitrogen and oxygen atoms in total. The number of ketones is 1. The van der Waals surface area contributed by atoms with Gasteiger partial charge in [0.1, 0.15) is 0 Å². The van der Waals surface area contributed by atoms with Crippen molar-refractivity contribution in [1.29, 1.82) is 0 Å². The van der Waals surface area contributed by atoms with Crippen molar-refractivity contribution >= 4 is 17.2 Å². The van der Waals surface area contributed by atoms with Gasteiger partial charge >= 0.3 is 0 Å². The van der Waals surface area contributed by atoms with E-state index in [1.165, 1.54) is 5.56 Å². The summed E-state index contributed by atoms with van der Waals surface area (Å²) in [6.07, 6.45) is 0. The number of aryl methyl sites for hydroxylation is 1. The Balaban J connectivity index is 2.28. The van der Waals surface area contributed by atoms with Crippen LogP contribution in [0.4, 0.5) is 11.4 Å². The fourth-order valence-corrected chi connectivity index (χ4v) is 1.91. The predicted octanol–water partition coefficient (Wildman–Crippen LogP) is 3.97. The molecule has 0 unspecified atom stereocenters. The maximum atomic E-state index is 11.2. The van der Waals surface area contributed by atoms with Crippen molar-refractivity contribution in [2.75, 3.05) is 11.9 Å². The summed E-state index contributed by atoms with van der Waals surface area (Å²) in [4.78, 5) is 13.3. The summed E-state index contributed by atoms with van der Waals surface area (Å²) < 4.78 is 0. The molecule has 18 heavy (non-hydrogen) atoms. The van der Waals surface area contributed by atoms with Gasteiger partial charge in [-0.05, 0) is 55.8 Å². The van der Waals surface area contributed by atoms with E-state index in [0.717, 1.165) is 16.9 Å². The Hall–Kier alpha value is -2.09. The predicted molar refractivity (Wildman–Crippen MR) is 75.7 cm³/mol. The maximum Gasteiger partial charge on any atom is 0.159 e. The van der Waals surface area contributed by atoms with Crippen molar-refractivity contribution in [3.05, 3.63) is 59.7 Å². The second-order valence-electron chi connectivity index (χ2n) is 4.50. The molecule has 0 bridgehead atoms. The summed E-state index contributed by atoms with van der Waals surface area (Å²) in [5.74, 6) is 0.0970. The van der Waals surface area contributed by atoms with E-state index >= 15 is 0 Å². The van der Waals surface area contributed by atoms with Crippen LogP contribution in [0.25, 0.3) is 0 Å². The van der Waals surface area contributed by atoms with Gasteiger partial charge in [0, 0.05) is 24.0 Å². The molecule has 0 amide bonds. The highest BCUT2D eigenvalue weighted by Crippen LogP contribution is 2.24. The van der Waals surface area contributed by atoms with Gasteiger partial charge in [0.2, 0.25) is 0 Å². The number of benzene rings is 2. The molecule has 0 aromatic heterocycles. The van der Waals surface area contributed by atoms with Gasteiger partial charge in [0.05, 0.1) is 0 Å². The lowest BCUT2D eigenvalue weighted by Crippen LogP contribution is -2.09. The third kappa shape index (κ3) is 2.59. The van der Waals surface area contributed by atoms with Crippen LogP contribution in [-0.4, -0.2) is 12.8 Å². The van der Waals surface area contributed by atoms with Crippen molar-refractivity contribution < 1.29 is 4.79 Å². The number of anilines is 2. The third-order valence-corrected chi connectivity index (χ3v) is 3.05. The van der Waals surface area contributed by atoms with Crippen LogP contribution < -0.4 is 4.90 Å². The molecule has 0 saturated heterocycles. The molecular formula is C16H17NO. The van der Waals surface area contributed by atoms with E-state index in [4.69, 9.17) is 0 Å². The largest absolute Gasteiger partial charge is 0.345 e. The van der Waals surface area contributed by atoms with Gasteiger partial charge in [-0.2, -0.15) is 0 Å². The highest BCUT2D eigenvalue weighted by Gasteiger charge is 2.05. The Morgan fingerprint density at radius 3 is 2.22 bits per heavy atom. The number of hydrogen-bond donors (Lipinski definition) is 0. The fourth-order valence-electron chi connectivity index (χ4n) is 1.91. The first kappa shape index (κ1) is 12.4. The summed E-state index contributed by atoms with van der Waals surface area (Å²) >= 11 is 0. The summed E-state index contributed by atoms with van der Waals surface area (Å²) in [6.45, 7) is 3.66. The number of nitrogens with zero attached hydrogens (tertiary/aromatic N) is 1. The van der Waals surface area contributed by atoms with Gasteiger partial charge < -0.3 is 4.90 Å². The van der Waals surface area contributed by atoms with Crippen LogP contribution in [0, 0.1) is 6.92 Å². The minimum atomic E-state index is 0.0970. The van der Waals surface area contributed by atoms with E-state index in [0.29, 0.717) is 0 Å². The lowest BCUT2D eigenvalue weighted by atomic mass is 10.1. The van der Waals surface area contributed by atoms with Crippen molar-refractivity contribution in [3.63, 3.8) is 0 Å². The quantitative estimate of drug-likeness (QED) is 0.755. The average molecular weight is 239 g/mol. The number of Topliss-reactive ketones (excluding diaryl/α,β-unsaturated/α-hetero) is 1. The van der Waals surface area contributed by atoms with Crippen LogP contribution >= 0.6 is 0 Å². The normalized spacial score (nSPS) is 10.2. The Bertz CT molecular complexity index is 558. The summed E-state index contributed by atoms with van der Waals surface area (Å²) in [5, 5.41) is 0. The minimum absolute atomic E-state index is 0.0970. The first-order valence-corrected chi connectivity index (χ1v) is 5.99. The molecular weight excluding hydrogens is 222 g/mol. The maximum absolute atomic E-state index is 11.2. The van der Waals surface area contributed by atoms with Crippen molar-refractivity contribution in [1.82, 2.24) is 0 Å². The van der Waals surface area contributed by atoms with Crippen LogP contribution in [-0.2, 0) is 0 Å². The molecule has 0 heterocycles. The first-order chi connectivity index (χ1) is 8.58. The summed E-state index contributed by atoms with van der Waals surface area (Å²) in [6, 6.07) is 16.0. The molecule has 0 aliphatic heterocycles. The zero-order valence-corrected chi connectivity index (χ0v) is 11.0. The molecule has 92 valence electrons. The number of carbonyl (C=O) groups is 1. The summed E-state index contributed by atoms with van der Waals surface area (Å²) in [5.41, 5.74) is 4.20. The molecule has 0 spiro atoms. The lowest BCUT2D eigenvalue weighted by Gasteiger charge is -2.20. The topological polar surface area (TPSA) is 20.3 Å². The molecule has 0 fully saturated rings. The molecule has 2 heteroatoms.